The van der Waals surface area contributed by atoms with Gasteiger partial charge in [0.1, 0.15) is 0 Å². The van der Waals surface area contributed by atoms with Crippen molar-refractivity contribution in [3.05, 3.63) is 0 Å². The Hall–Kier alpha value is -1.06. The Balaban J connectivity index is 2.26. The zero-order chi connectivity index (χ0) is 8.43. The molecule has 62 valence electrons. The number of carbonyl (C=O) groups is 2. The minimum Gasteiger partial charge on any atom is -0.481 e. The maximum atomic E-state index is 10.8. The van der Waals surface area contributed by atoms with Gasteiger partial charge in [0.25, 0.3) is 0 Å². The molecule has 0 aromatic carbocycles. The summed E-state index contributed by atoms with van der Waals surface area (Å²) in [6.07, 6.45) is 0.749. The van der Waals surface area contributed by atoms with Gasteiger partial charge in [-0.15, -0.1) is 0 Å². The van der Waals surface area contributed by atoms with E-state index in [4.69, 9.17) is 5.11 Å². The Morgan fingerprint density at radius 2 is 2.27 bits per heavy atom. The summed E-state index contributed by atoms with van der Waals surface area (Å²) in [4.78, 5) is 20.9. The van der Waals surface area contributed by atoms with E-state index in [2.05, 4.69) is 4.74 Å². The van der Waals surface area contributed by atoms with E-state index < -0.39 is 5.97 Å². The first-order valence-corrected chi connectivity index (χ1v) is 3.44. The Kier molecular flexibility index (Phi) is 2.12. The normalized spacial score (nSPS) is 27.7. The first kappa shape index (κ1) is 8.04. The van der Waals surface area contributed by atoms with Gasteiger partial charge in [-0.05, 0) is 12.3 Å². The molecule has 0 saturated heterocycles. The molecule has 1 aliphatic rings. The van der Waals surface area contributed by atoms with Gasteiger partial charge >= 0.3 is 11.9 Å². The molecule has 0 spiro atoms. The Morgan fingerprint density at radius 1 is 1.64 bits per heavy atom. The molecule has 0 bridgehead atoms. The van der Waals surface area contributed by atoms with Crippen LogP contribution in [0.5, 0.6) is 0 Å². The molecule has 0 heterocycles. The van der Waals surface area contributed by atoms with Crippen molar-refractivity contribution in [3.8, 4) is 0 Å². The maximum absolute atomic E-state index is 10.8. The molecule has 0 radical (unpaired) electrons. The predicted molar refractivity (Wildman–Crippen MR) is 35.9 cm³/mol. The van der Waals surface area contributed by atoms with Gasteiger partial charge in [0, 0.05) is 6.42 Å². The molecule has 0 aromatic heterocycles. The van der Waals surface area contributed by atoms with Crippen molar-refractivity contribution in [1.29, 1.82) is 0 Å². The van der Waals surface area contributed by atoms with Gasteiger partial charge in [0.15, 0.2) is 0 Å². The topological polar surface area (TPSA) is 63.6 Å². The molecule has 1 N–H and O–H groups in total. The molecule has 1 saturated carbocycles. The highest BCUT2D eigenvalue weighted by molar-refractivity contribution is 5.77. The molecule has 0 amide bonds. The van der Waals surface area contributed by atoms with Gasteiger partial charge < -0.3 is 9.84 Å². The number of esters is 1. The standard InChI is InChI=1S/C7H10O4/c1-11-7(10)5-2-4(5)3-6(8)9/h4-5H,2-3H2,1H3,(H,8,9)/t4-,5+/m0/s1. The van der Waals surface area contributed by atoms with Crippen molar-refractivity contribution in [2.75, 3.05) is 7.11 Å². The maximum Gasteiger partial charge on any atom is 0.308 e. The molecule has 4 nitrogen and oxygen atoms in total. The number of aliphatic carboxylic acids is 1. The predicted octanol–water partition coefficient (Wildman–Crippen LogP) is 0.270. The van der Waals surface area contributed by atoms with Gasteiger partial charge in [-0.1, -0.05) is 0 Å². The summed E-state index contributed by atoms with van der Waals surface area (Å²) < 4.78 is 4.45. The van der Waals surface area contributed by atoms with Crippen LogP contribution in [-0.2, 0) is 14.3 Å². The fourth-order valence-electron chi connectivity index (χ4n) is 1.14. The van der Waals surface area contributed by atoms with Crippen molar-refractivity contribution in [2.24, 2.45) is 11.8 Å². The average molecular weight is 158 g/mol. The van der Waals surface area contributed by atoms with Crippen LogP contribution >= 0.6 is 0 Å². The van der Waals surface area contributed by atoms with Crippen LogP contribution in [0.1, 0.15) is 12.8 Å². The Bertz CT molecular complexity index is 187. The van der Waals surface area contributed by atoms with E-state index >= 15 is 0 Å². The Labute approximate surface area is 64.2 Å². The van der Waals surface area contributed by atoms with E-state index in [1.165, 1.54) is 7.11 Å². The minimum atomic E-state index is -0.846. The third-order valence-electron chi connectivity index (χ3n) is 1.86. The number of carbonyl (C=O) groups excluding carboxylic acids is 1. The second-order valence-electron chi connectivity index (χ2n) is 2.72. The molecule has 0 aromatic rings. The molecule has 0 unspecified atom stereocenters. The van der Waals surface area contributed by atoms with Crippen LogP contribution in [0.3, 0.4) is 0 Å². The lowest BCUT2D eigenvalue weighted by molar-refractivity contribution is -0.142. The zero-order valence-corrected chi connectivity index (χ0v) is 6.24. The average Bonchev–Trinajstić information content (AvgIpc) is 2.65. The van der Waals surface area contributed by atoms with Gasteiger partial charge in [0.05, 0.1) is 13.0 Å². The van der Waals surface area contributed by atoms with Gasteiger partial charge in [0.2, 0.25) is 0 Å². The van der Waals surface area contributed by atoms with Crippen molar-refractivity contribution in [3.63, 3.8) is 0 Å². The van der Waals surface area contributed by atoms with Crippen LogP contribution in [0.4, 0.5) is 0 Å². The summed E-state index contributed by atoms with van der Waals surface area (Å²) in [6.45, 7) is 0. The second-order valence-corrected chi connectivity index (χ2v) is 2.72. The van der Waals surface area contributed by atoms with E-state index in [9.17, 15) is 9.59 Å². The number of hydrogen-bond donors (Lipinski definition) is 1. The van der Waals surface area contributed by atoms with Crippen LogP contribution < -0.4 is 0 Å². The quantitative estimate of drug-likeness (QED) is 0.599. The molecule has 0 aliphatic heterocycles. The van der Waals surface area contributed by atoms with E-state index in [1.807, 2.05) is 0 Å². The second kappa shape index (κ2) is 2.90. The first-order valence-electron chi connectivity index (χ1n) is 3.44. The largest absolute Gasteiger partial charge is 0.481 e. The molecular weight excluding hydrogens is 148 g/mol. The molecule has 1 rings (SSSR count). The highest BCUT2D eigenvalue weighted by Crippen LogP contribution is 2.41. The third-order valence-corrected chi connectivity index (χ3v) is 1.86. The number of carboxylic acid groups (broad SMARTS) is 1. The van der Waals surface area contributed by atoms with Crippen molar-refractivity contribution in [2.45, 2.75) is 12.8 Å². The van der Waals surface area contributed by atoms with Crippen LogP contribution in [0, 0.1) is 11.8 Å². The molecule has 1 fully saturated rings. The molecule has 4 heteroatoms. The SMILES string of the molecule is COC(=O)[C@@H]1C[C@H]1CC(=O)O. The summed E-state index contributed by atoms with van der Waals surface area (Å²) in [7, 11) is 1.32. The van der Waals surface area contributed by atoms with Crippen molar-refractivity contribution < 1.29 is 19.4 Å². The summed E-state index contributed by atoms with van der Waals surface area (Å²) in [6, 6.07) is 0. The van der Waals surface area contributed by atoms with Crippen LogP contribution in [-0.4, -0.2) is 24.2 Å². The van der Waals surface area contributed by atoms with E-state index in [0.29, 0.717) is 6.42 Å². The van der Waals surface area contributed by atoms with E-state index in [-0.39, 0.29) is 24.2 Å². The lowest BCUT2D eigenvalue weighted by atomic mass is 10.2. The number of hydrogen-bond acceptors (Lipinski definition) is 3. The van der Waals surface area contributed by atoms with Crippen LogP contribution in [0.2, 0.25) is 0 Å². The monoisotopic (exact) mass is 158 g/mol. The van der Waals surface area contributed by atoms with Gasteiger partial charge in [-0.3, -0.25) is 9.59 Å². The Morgan fingerprint density at radius 3 is 2.73 bits per heavy atom. The minimum absolute atomic E-state index is 0.0138. The number of rotatable bonds is 3. The lowest BCUT2D eigenvalue weighted by Gasteiger charge is -1.94. The lowest BCUT2D eigenvalue weighted by Crippen LogP contribution is -2.06. The van der Waals surface area contributed by atoms with Crippen molar-refractivity contribution >= 4 is 11.9 Å². The van der Waals surface area contributed by atoms with Gasteiger partial charge in [-0.2, -0.15) is 0 Å². The highest BCUT2D eigenvalue weighted by atomic mass is 16.5. The fraction of sp³-hybridized carbons (Fsp3) is 0.714. The smallest absolute Gasteiger partial charge is 0.308 e. The highest BCUT2D eigenvalue weighted by Gasteiger charge is 2.44. The first-order chi connectivity index (χ1) is 5.15. The van der Waals surface area contributed by atoms with E-state index in [0.717, 1.165) is 0 Å². The van der Waals surface area contributed by atoms with Crippen molar-refractivity contribution in [1.82, 2.24) is 0 Å². The number of ether oxygens (including phenoxy) is 1. The molecule has 1 aliphatic carbocycles. The molecule has 2 atom stereocenters. The molecule has 11 heavy (non-hydrogen) atoms. The van der Waals surface area contributed by atoms with Gasteiger partial charge in [-0.25, -0.2) is 0 Å². The number of carboxylic acids is 1. The summed E-state index contributed by atoms with van der Waals surface area (Å²) in [5, 5.41) is 8.34. The van der Waals surface area contributed by atoms with E-state index in [1.54, 1.807) is 0 Å². The van der Waals surface area contributed by atoms with Crippen LogP contribution in [0.15, 0.2) is 0 Å². The zero-order valence-electron chi connectivity index (χ0n) is 6.24. The molecular formula is C7H10O4. The van der Waals surface area contributed by atoms with Crippen LogP contribution in [0.25, 0.3) is 0 Å². The summed E-state index contributed by atoms with van der Waals surface area (Å²) in [5.74, 6) is -1.27. The summed E-state index contributed by atoms with van der Waals surface area (Å²) >= 11 is 0. The number of methoxy groups -OCH3 is 1. The third kappa shape index (κ3) is 1.93. The fourth-order valence-corrected chi connectivity index (χ4v) is 1.14. The summed E-state index contributed by atoms with van der Waals surface area (Å²) in [5.41, 5.74) is 0.